The van der Waals surface area contributed by atoms with Crippen LogP contribution in [0.25, 0.3) is 0 Å². The topological polar surface area (TPSA) is 40.5 Å². The van der Waals surface area contributed by atoms with Crippen LogP contribution in [0.1, 0.15) is 47.0 Å². The molecule has 3 nitrogen and oxygen atoms in total. The van der Waals surface area contributed by atoms with Crippen LogP contribution >= 0.6 is 0 Å². The Morgan fingerprint density at radius 3 is 2.20 bits per heavy atom. The van der Waals surface area contributed by atoms with Gasteiger partial charge in [0.25, 0.3) is 0 Å². The molecule has 90 valence electrons. The highest BCUT2D eigenvalue weighted by molar-refractivity contribution is 5.76. The first-order valence-electron chi connectivity index (χ1n) is 5.89. The third-order valence-electron chi connectivity index (χ3n) is 2.30. The highest BCUT2D eigenvalue weighted by atomic mass is 16.3. The van der Waals surface area contributed by atoms with E-state index in [4.69, 9.17) is 5.11 Å². The maximum Gasteiger partial charge on any atom is 0.222 e. The van der Waals surface area contributed by atoms with Gasteiger partial charge in [-0.3, -0.25) is 4.79 Å². The summed E-state index contributed by atoms with van der Waals surface area (Å²) in [5.74, 6) is 0.723. The van der Waals surface area contributed by atoms with Crippen LogP contribution < -0.4 is 0 Å². The molecule has 3 heteroatoms. The number of amides is 1. The second-order valence-electron chi connectivity index (χ2n) is 4.71. The lowest BCUT2D eigenvalue weighted by molar-refractivity contribution is -0.133. The van der Waals surface area contributed by atoms with Gasteiger partial charge in [-0.2, -0.15) is 0 Å². The van der Waals surface area contributed by atoms with Crippen molar-refractivity contribution in [3.05, 3.63) is 0 Å². The van der Waals surface area contributed by atoms with E-state index in [0.29, 0.717) is 12.3 Å². The van der Waals surface area contributed by atoms with Gasteiger partial charge in [0.05, 0.1) is 0 Å². The summed E-state index contributed by atoms with van der Waals surface area (Å²) >= 11 is 0. The first-order valence-corrected chi connectivity index (χ1v) is 5.89. The molecule has 15 heavy (non-hydrogen) atoms. The van der Waals surface area contributed by atoms with Crippen molar-refractivity contribution in [3.63, 3.8) is 0 Å². The molecular weight excluding hydrogens is 190 g/mol. The van der Waals surface area contributed by atoms with Gasteiger partial charge in [-0.15, -0.1) is 0 Å². The molecular formula is C12H25NO2. The molecule has 0 saturated heterocycles. The Labute approximate surface area is 93.5 Å². The largest absolute Gasteiger partial charge is 0.396 e. The number of carbonyl (C=O) groups excluding carboxylic acids is 1. The zero-order valence-electron chi connectivity index (χ0n) is 10.5. The fourth-order valence-corrected chi connectivity index (χ4v) is 1.53. The van der Waals surface area contributed by atoms with Crippen molar-refractivity contribution in [2.75, 3.05) is 13.2 Å². The fraction of sp³-hybridized carbons (Fsp3) is 0.917. The summed E-state index contributed by atoms with van der Waals surface area (Å²) < 4.78 is 0. The van der Waals surface area contributed by atoms with Crippen LogP contribution in [0.2, 0.25) is 0 Å². The van der Waals surface area contributed by atoms with Crippen molar-refractivity contribution in [3.8, 4) is 0 Å². The molecule has 0 aliphatic carbocycles. The molecule has 0 saturated carbocycles. The molecule has 0 aliphatic heterocycles. The Hall–Kier alpha value is -0.570. The molecule has 0 aromatic rings. The SMILES string of the molecule is CC(C)CN(C(=O)CCCCO)C(C)C. The van der Waals surface area contributed by atoms with Crippen molar-refractivity contribution in [1.29, 1.82) is 0 Å². The predicted octanol–water partition coefficient (Wildman–Crippen LogP) is 2.04. The number of rotatable bonds is 7. The number of hydrogen-bond acceptors (Lipinski definition) is 2. The predicted molar refractivity (Wildman–Crippen MR) is 62.6 cm³/mol. The monoisotopic (exact) mass is 215 g/mol. The molecule has 1 amide bonds. The number of hydrogen-bond donors (Lipinski definition) is 1. The van der Waals surface area contributed by atoms with Gasteiger partial charge in [0.15, 0.2) is 0 Å². The van der Waals surface area contributed by atoms with E-state index in [0.717, 1.165) is 19.4 Å². The van der Waals surface area contributed by atoms with Gasteiger partial charge in [0, 0.05) is 25.6 Å². The number of aliphatic hydroxyl groups is 1. The first kappa shape index (κ1) is 14.4. The molecule has 0 heterocycles. The van der Waals surface area contributed by atoms with Gasteiger partial charge in [-0.05, 0) is 32.6 Å². The zero-order chi connectivity index (χ0) is 11.8. The summed E-state index contributed by atoms with van der Waals surface area (Å²) in [6, 6.07) is 0.272. The summed E-state index contributed by atoms with van der Waals surface area (Å²) in [7, 11) is 0. The molecule has 0 unspecified atom stereocenters. The second kappa shape index (κ2) is 7.69. The Morgan fingerprint density at radius 1 is 1.20 bits per heavy atom. The minimum absolute atomic E-state index is 0.180. The van der Waals surface area contributed by atoms with Crippen molar-refractivity contribution < 1.29 is 9.90 Å². The molecule has 0 aliphatic rings. The van der Waals surface area contributed by atoms with Crippen LogP contribution in [0, 0.1) is 5.92 Å². The van der Waals surface area contributed by atoms with Crippen molar-refractivity contribution >= 4 is 5.91 Å². The summed E-state index contributed by atoms with van der Waals surface area (Å²) in [4.78, 5) is 13.8. The maximum absolute atomic E-state index is 11.8. The lowest BCUT2D eigenvalue weighted by atomic mass is 10.1. The summed E-state index contributed by atoms with van der Waals surface area (Å²) in [6.45, 7) is 9.35. The fourth-order valence-electron chi connectivity index (χ4n) is 1.53. The third-order valence-corrected chi connectivity index (χ3v) is 2.30. The van der Waals surface area contributed by atoms with E-state index in [1.165, 1.54) is 0 Å². The Bertz CT molecular complexity index is 178. The van der Waals surface area contributed by atoms with Crippen LogP contribution in [0.4, 0.5) is 0 Å². The summed E-state index contributed by atoms with van der Waals surface area (Å²) in [5, 5.41) is 8.65. The number of unbranched alkanes of at least 4 members (excludes halogenated alkanes) is 1. The van der Waals surface area contributed by atoms with Crippen LogP contribution in [-0.2, 0) is 4.79 Å². The minimum atomic E-state index is 0.180. The Kier molecular flexibility index (Phi) is 7.39. The van der Waals surface area contributed by atoms with Gasteiger partial charge in [-0.25, -0.2) is 0 Å². The lowest BCUT2D eigenvalue weighted by Gasteiger charge is -2.28. The second-order valence-corrected chi connectivity index (χ2v) is 4.71. The van der Waals surface area contributed by atoms with Crippen LogP contribution in [-0.4, -0.2) is 35.1 Å². The van der Waals surface area contributed by atoms with Crippen molar-refractivity contribution in [1.82, 2.24) is 4.90 Å². The molecule has 0 radical (unpaired) electrons. The van der Waals surface area contributed by atoms with Gasteiger partial charge in [0.1, 0.15) is 0 Å². The molecule has 0 spiro atoms. The molecule has 0 aromatic carbocycles. The average Bonchev–Trinajstić information content (AvgIpc) is 2.13. The molecule has 0 atom stereocenters. The van der Waals surface area contributed by atoms with Crippen LogP contribution in [0.3, 0.4) is 0 Å². The average molecular weight is 215 g/mol. The number of nitrogens with zero attached hydrogens (tertiary/aromatic N) is 1. The number of carbonyl (C=O) groups is 1. The molecule has 0 aromatic heterocycles. The van der Waals surface area contributed by atoms with Gasteiger partial charge in [0.2, 0.25) is 5.91 Å². The van der Waals surface area contributed by atoms with Crippen molar-refractivity contribution in [2.24, 2.45) is 5.92 Å². The zero-order valence-corrected chi connectivity index (χ0v) is 10.5. The summed E-state index contributed by atoms with van der Waals surface area (Å²) in [5.41, 5.74) is 0. The first-order chi connectivity index (χ1) is 6.99. The van der Waals surface area contributed by atoms with E-state index in [-0.39, 0.29) is 18.6 Å². The van der Waals surface area contributed by atoms with E-state index >= 15 is 0 Å². The van der Waals surface area contributed by atoms with Crippen molar-refractivity contribution in [2.45, 2.75) is 53.0 Å². The van der Waals surface area contributed by atoms with Gasteiger partial charge >= 0.3 is 0 Å². The van der Waals surface area contributed by atoms with Gasteiger partial charge < -0.3 is 10.0 Å². The molecule has 1 N–H and O–H groups in total. The van der Waals surface area contributed by atoms with Gasteiger partial charge in [-0.1, -0.05) is 13.8 Å². The van der Waals surface area contributed by atoms with E-state index in [1.807, 2.05) is 18.7 Å². The Morgan fingerprint density at radius 2 is 1.80 bits per heavy atom. The Balaban J connectivity index is 4.05. The van der Waals surface area contributed by atoms with E-state index in [9.17, 15) is 4.79 Å². The minimum Gasteiger partial charge on any atom is -0.396 e. The standard InChI is InChI=1S/C12H25NO2/c1-10(2)9-13(11(3)4)12(15)7-5-6-8-14/h10-11,14H,5-9H2,1-4H3. The van der Waals surface area contributed by atoms with E-state index in [2.05, 4.69) is 13.8 Å². The quantitative estimate of drug-likeness (QED) is 0.660. The van der Waals surface area contributed by atoms with E-state index in [1.54, 1.807) is 0 Å². The lowest BCUT2D eigenvalue weighted by Crippen LogP contribution is -2.39. The highest BCUT2D eigenvalue weighted by Crippen LogP contribution is 2.08. The molecule has 0 fully saturated rings. The summed E-state index contributed by atoms with van der Waals surface area (Å²) in [6.07, 6.45) is 2.07. The highest BCUT2D eigenvalue weighted by Gasteiger charge is 2.17. The van der Waals surface area contributed by atoms with E-state index < -0.39 is 0 Å². The molecule has 0 bridgehead atoms. The van der Waals surface area contributed by atoms with Crippen LogP contribution in [0.15, 0.2) is 0 Å². The smallest absolute Gasteiger partial charge is 0.222 e. The normalized spacial score (nSPS) is 11.1. The number of aliphatic hydroxyl groups excluding tert-OH is 1. The maximum atomic E-state index is 11.8. The third kappa shape index (κ3) is 6.50. The van der Waals surface area contributed by atoms with Crippen LogP contribution in [0.5, 0.6) is 0 Å². The molecule has 0 rings (SSSR count).